The highest BCUT2D eigenvalue weighted by molar-refractivity contribution is 7.99. The first kappa shape index (κ1) is 17.3. The van der Waals surface area contributed by atoms with Gasteiger partial charge in [-0.05, 0) is 53.4 Å². The largest absolute Gasteiger partial charge is 0.289 e. The summed E-state index contributed by atoms with van der Waals surface area (Å²) in [6, 6.07) is 22.7. The lowest BCUT2D eigenvalue weighted by atomic mass is 9.87. The standard InChI is InChI=1S/C23H20OS2/c1-23(2,3)15-7-6-8-16(13-15)25-17-11-12-21-19(14-17)22(24)18-9-4-5-10-20(18)26-21/h4-14H,1-3H3. The molecule has 3 aromatic carbocycles. The third-order valence-corrected chi connectivity index (χ3v) is 6.61. The smallest absolute Gasteiger partial charge is 0.195 e. The summed E-state index contributed by atoms with van der Waals surface area (Å²) in [5, 5.41) is 1.62. The van der Waals surface area contributed by atoms with Gasteiger partial charge in [0.05, 0.1) is 0 Å². The highest BCUT2D eigenvalue weighted by atomic mass is 32.2. The summed E-state index contributed by atoms with van der Waals surface area (Å²) in [6.45, 7) is 6.68. The minimum atomic E-state index is 0.125. The van der Waals surface area contributed by atoms with E-state index in [-0.39, 0.29) is 10.8 Å². The highest BCUT2D eigenvalue weighted by Crippen LogP contribution is 2.34. The lowest BCUT2D eigenvalue weighted by Gasteiger charge is -2.19. The molecule has 1 heterocycles. The van der Waals surface area contributed by atoms with Crippen LogP contribution in [-0.4, -0.2) is 0 Å². The monoisotopic (exact) mass is 376 g/mol. The second kappa shape index (κ2) is 6.57. The second-order valence-corrected chi connectivity index (χ2v) is 9.70. The van der Waals surface area contributed by atoms with Crippen molar-refractivity contribution in [2.24, 2.45) is 0 Å². The van der Waals surface area contributed by atoms with Crippen LogP contribution in [0.5, 0.6) is 0 Å². The molecule has 4 rings (SSSR count). The van der Waals surface area contributed by atoms with E-state index in [9.17, 15) is 4.79 Å². The van der Waals surface area contributed by atoms with Crippen molar-refractivity contribution in [3.8, 4) is 0 Å². The van der Waals surface area contributed by atoms with Crippen molar-refractivity contribution in [1.29, 1.82) is 0 Å². The van der Waals surface area contributed by atoms with Gasteiger partial charge in [-0.25, -0.2) is 0 Å². The van der Waals surface area contributed by atoms with Crippen molar-refractivity contribution in [3.05, 3.63) is 82.5 Å². The molecule has 0 radical (unpaired) electrons. The molecule has 0 saturated carbocycles. The third kappa shape index (κ3) is 3.29. The Morgan fingerprint density at radius 3 is 2.31 bits per heavy atom. The summed E-state index contributed by atoms with van der Waals surface area (Å²) in [4.78, 5) is 15.2. The van der Waals surface area contributed by atoms with E-state index < -0.39 is 0 Å². The maximum Gasteiger partial charge on any atom is 0.195 e. The van der Waals surface area contributed by atoms with Gasteiger partial charge in [0.1, 0.15) is 0 Å². The molecule has 0 amide bonds. The molecule has 130 valence electrons. The molecule has 0 N–H and O–H groups in total. The van der Waals surface area contributed by atoms with Crippen LogP contribution in [0.15, 0.2) is 81.3 Å². The maximum atomic E-state index is 12.9. The van der Waals surface area contributed by atoms with Gasteiger partial charge in [-0.1, -0.05) is 56.8 Å². The fourth-order valence-corrected chi connectivity index (χ4v) is 4.98. The van der Waals surface area contributed by atoms with Gasteiger partial charge in [-0.3, -0.25) is 4.79 Å². The number of fused-ring (bicyclic) bond motifs is 2. The van der Waals surface area contributed by atoms with E-state index in [1.165, 1.54) is 10.5 Å². The van der Waals surface area contributed by atoms with E-state index in [4.69, 9.17) is 0 Å². The Hall–Kier alpha value is -2.10. The van der Waals surface area contributed by atoms with Crippen LogP contribution >= 0.6 is 23.1 Å². The topological polar surface area (TPSA) is 17.1 Å². The van der Waals surface area contributed by atoms with Crippen LogP contribution < -0.4 is 5.43 Å². The first-order chi connectivity index (χ1) is 12.4. The Labute approximate surface area is 161 Å². The lowest BCUT2D eigenvalue weighted by molar-refractivity contribution is 0.588. The summed E-state index contributed by atoms with van der Waals surface area (Å²) in [5.74, 6) is 0. The zero-order chi connectivity index (χ0) is 18.3. The molecular formula is C23H20OS2. The fraction of sp³-hybridized carbons (Fsp3) is 0.174. The van der Waals surface area contributed by atoms with Gasteiger partial charge >= 0.3 is 0 Å². The molecule has 0 aliphatic heterocycles. The quantitative estimate of drug-likeness (QED) is 0.355. The molecule has 26 heavy (non-hydrogen) atoms. The summed E-state index contributed by atoms with van der Waals surface area (Å²) >= 11 is 3.39. The molecule has 0 atom stereocenters. The van der Waals surface area contributed by atoms with Crippen molar-refractivity contribution in [2.75, 3.05) is 0 Å². The molecule has 1 aromatic heterocycles. The van der Waals surface area contributed by atoms with Gasteiger partial charge in [0.2, 0.25) is 0 Å². The average Bonchev–Trinajstić information content (AvgIpc) is 2.62. The Balaban J connectivity index is 1.77. The summed E-state index contributed by atoms with van der Waals surface area (Å²) in [7, 11) is 0. The lowest BCUT2D eigenvalue weighted by Crippen LogP contribution is -2.10. The van der Waals surface area contributed by atoms with Crippen LogP contribution in [0.2, 0.25) is 0 Å². The Kier molecular flexibility index (Phi) is 4.37. The van der Waals surface area contributed by atoms with E-state index in [0.717, 1.165) is 25.1 Å². The van der Waals surface area contributed by atoms with Gasteiger partial charge in [0.25, 0.3) is 0 Å². The SMILES string of the molecule is CC(C)(C)c1cccc(Sc2ccc3sc4ccccc4c(=O)c3c2)c1. The van der Waals surface area contributed by atoms with E-state index in [1.807, 2.05) is 30.3 Å². The molecule has 0 spiro atoms. The normalized spacial score (nSPS) is 12.0. The van der Waals surface area contributed by atoms with Crippen molar-refractivity contribution < 1.29 is 0 Å². The Morgan fingerprint density at radius 1 is 0.769 bits per heavy atom. The number of benzene rings is 3. The van der Waals surface area contributed by atoms with Gasteiger partial charge in [0.15, 0.2) is 5.43 Å². The van der Waals surface area contributed by atoms with Gasteiger partial charge in [-0.15, -0.1) is 11.3 Å². The summed E-state index contributed by atoms with van der Waals surface area (Å²) in [5.41, 5.74) is 1.57. The van der Waals surface area contributed by atoms with Crippen molar-refractivity contribution in [1.82, 2.24) is 0 Å². The summed E-state index contributed by atoms with van der Waals surface area (Å²) in [6.07, 6.45) is 0. The van der Waals surface area contributed by atoms with Gasteiger partial charge < -0.3 is 0 Å². The fourth-order valence-electron chi connectivity index (χ4n) is 3.01. The van der Waals surface area contributed by atoms with E-state index >= 15 is 0 Å². The van der Waals surface area contributed by atoms with E-state index in [0.29, 0.717) is 0 Å². The average molecular weight is 377 g/mol. The van der Waals surface area contributed by atoms with Crippen LogP contribution in [0.25, 0.3) is 20.2 Å². The molecular weight excluding hydrogens is 356 g/mol. The van der Waals surface area contributed by atoms with Crippen LogP contribution in [0.4, 0.5) is 0 Å². The molecule has 0 fully saturated rings. The molecule has 0 bridgehead atoms. The third-order valence-electron chi connectivity index (χ3n) is 4.48. The molecule has 0 aliphatic carbocycles. The molecule has 3 heteroatoms. The zero-order valence-corrected chi connectivity index (χ0v) is 16.7. The highest BCUT2D eigenvalue weighted by Gasteiger charge is 2.14. The van der Waals surface area contributed by atoms with Gasteiger partial charge in [0, 0.05) is 30.0 Å². The first-order valence-electron chi connectivity index (χ1n) is 8.66. The zero-order valence-electron chi connectivity index (χ0n) is 15.1. The number of hydrogen-bond donors (Lipinski definition) is 0. The van der Waals surface area contributed by atoms with Crippen LogP contribution in [0.3, 0.4) is 0 Å². The molecule has 0 aliphatic rings. The van der Waals surface area contributed by atoms with Crippen molar-refractivity contribution >= 4 is 43.3 Å². The molecule has 4 aromatic rings. The van der Waals surface area contributed by atoms with E-state index in [2.05, 4.69) is 57.2 Å². The number of rotatable bonds is 2. The van der Waals surface area contributed by atoms with Crippen molar-refractivity contribution in [2.45, 2.75) is 36.0 Å². The van der Waals surface area contributed by atoms with Crippen LogP contribution in [0, 0.1) is 0 Å². The predicted molar refractivity (Wildman–Crippen MR) is 115 cm³/mol. The molecule has 1 nitrogen and oxygen atoms in total. The predicted octanol–water partition coefficient (Wildman–Crippen LogP) is 6.86. The van der Waals surface area contributed by atoms with Crippen LogP contribution in [-0.2, 0) is 5.41 Å². The van der Waals surface area contributed by atoms with Crippen LogP contribution in [0.1, 0.15) is 26.3 Å². The van der Waals surface area contributed by atoms with E-state index in [1.54, 1.807) is 23.1 Å². The van der Waals surface area contributed by atoms with Gasteiger partial charge in [-0.2, -0.15) is 0 Å². The maximum absolute atomic E-state index is 12.9. The minimum Gasteiger partial charge on any atom is -0.289 e. The second-order valence-electron chi connectivity index (χ2n) is 7.47. The number of hydrogen-bond acceptors (Lipinski definition) is 3. The van der Waals surface area contributed by atoms with Crippen molar-refractivity contribution in [3.63, 3.8) is 0 Å². The Morgan fingerprint density at radius 2 is 1.50 bits per heavy atom. The first-order valence-corrected chi connectivity index (χ1v) is 10.3. The molecule has 0 saturated heterocycles. The Bertz CT molecular complexity index is 1170. The summed E-state index contributed by atoms with van der Waals surface area (Å²) < 4.78 is 2.09. The minimum absolute atomic E-state index is 0.125. The molecule has 0 unspecified atom stereocenters.